The smallest absolute Gasteiger partial charge is 0.387 e. The number of methoxy groups -OCH3 is 1. The fourth-order valence-corrected chi connectivity index (χ4v) is 1.92. The second-order valence-corrected chi connectivity index (χ2v) is 4.21. The van der Waals surface area contributed by atoms with Gasteiger partial charge in [0.1, 0.15) is 11.6 Å². The molecule has 1 N–H and O–H groups in total. The third-order valence-electron chi connectivity index (χ3n) is 2.88. The first-order chi connectivity index (χ1) is 10.2. The molecule has 3 aromatic rings. The van der Waals surface area contributed by atoms with Crippen LogP contribution in [0.1, 0.15) is 0 Å². The number of nitrogens with one attached hydrogen (secondary N) is 1. The minimum atomic E-state index is -2.83. The molecule has 0 aliphatic carbocycles. The molecular weight excluding hydrogens is 280 g/mol. The molecular formula is C14H11F2N3O2. The maximum atomic E-state index is 12.1. The number of alkyl halides is 2. The van der Waals surface area contributed by atoms with E-state index >= 15 is 0 Å². The Balaban J connectivity index is 1.92. The molecule has 2 aromatic heterocycles. The summed E-state index contributed by atoms with van der Waals surface area (Å²) < 4.78 is 33.5. The van der Waals surface area contributed by atoms with E-state index in [1.165, 1.54) is 19.2 Å². The van der Waals surface area contributed by atoms with Gasteiger partial charge in [0.15, 0.2) is 5.65 Å². The van der Waals surface area contributed by atoms with E-state index in [-0.39, 0.29) is 5.75 Å². The standard InChI is InChI=1S/C14H11F2N3O2/c1-20-11-7-6-10-13(18-11)19-12(17-10)8-2-4-9(5-3-8)21-14(15)16/h2-7,14H,1H3,(H,17,18,19). The monoisotopic (exact) mass is 291 g/mol. The summed E-state index contributed by atoms with van der Waals surface area (Å²) in [7, 11) is 1.53. The van der Waals surface area contributed by atoms with Crippen LogP contribution in [-0.4, -0.2) is 28.7 Å². The van der Waals surface area contributed by atoms with E-state index in [1.807, 2.05) is 6.07 Å². The quantitative estimate of drug-likeness (QED) is 0.801. The van der Waals surface area contributed by atoms with Crippen LogP contribution in [0.4, 0.5) is 8.78 Å². The molecule has 108 valence electrons. The fraction of sp³-hybridized carbons (Fsp3) is 0.143. The maximum Gasteiger partial charge on any atom is 0.387 e. The number of H-pyrrole nitrogens is 1. The molecule has 5 nitrogen and oxygen atoms in total. The molecule has 21 heavy (non-hydrogen) atoms. The van der Waals surface area contributed by atoms with Gasteiger partial charge in [-0.15, -0.1) is 0 Å². The van der Waals surface area contributed by atoms with Crippen LogP contribution >= 0.6 is 0 Å². The van der Waals surface area contributed by atoms with E-state index in [0.29, 0.717) is 17.4 Å². The van der Waals surface area contributed by atoms with Crippen LogP contribution in [0, 0.1) is 0 Å². The molecule has 0 unspecified atom stereocenters. The number of aromatic amines is 1. The third kappa shape index (κ3) is 2.76. The number of nitrogens with zero attached hydrogens (tertiary/aromatic N) is 2. The number of ether oxygens (including phenoxy) is 2. The SMILES string of the molecule is COc1ccc2[nH]c(-c3ccc(OC(F)F)cc3)nc2n1. The first-order valence-electron chi connectivity index (χ1n) is 6.12. The summed E-state index contributed by atoms with van der Waals surface area (Å²) >= 11 is 0. The van der Waals surface area contributed by atoms with Crippen LogP contribution in [0.25, 0.3) is 22.6 Å². The Kier molecular flexibility index (Phi) is 3.39. The van der Waals surface area contributed by atoms with Crippen molar-refractivity contribution in [2.24, 2.45) is 0 Å². The van der Waals surface area contributed by atoms with Crippen molar-refractivity contribution in [1.82, 2.24) is 15.0 Å². The van der Waals surface area contributed by atoms with Crippen molar-refractivity contribution in [3.63, 3.8) is 0 Å². The van der Waals surface area contributed by atoms with Gasteiger partial charge in [0.05, 0.1) is 12.6 Å². The van der Waals surface area contributed by atoms with E-state index in [2.05, 4.69) is 19.7 Å². The average molecular weight is 291 g/mol. The Bertz CT molecular complexity index is 757. The number of fused-ring (bicyclic) bond motifs is 1. The molecule has 0 atom stereocenters. The zero-order chi connectivity index (χ0) is 14.8. The van der Waals surface area contributed by atoms with Gasteiger partial charge in [-0.2, -0.15) is 13.8 Å². The molecule has 0 fully saturated rings. The van der Waals surface area contributed by atoms with Gasteiger partial charge in [0, 0.05) is 11.6 Å². The third-order valence-corrected chi connectivity index (χ3v) is 2.88. The van der Waals surface area contributed by atoms with Crippen molar-refractivity contribution in [2.75, 3.05) is 7.11 Å². The van der Waals surface area contributed by atoms with E-state index in [4.69, 9.17) is 4.74 Å². The summed E-state index contributed by atoms with van der Waals surface area (Å²) in [4.78, 5) is 11.7. The summed E-state index contributed by atoms with van der Waals surface area (Å²) in [6, 6.07) is 9.75. The molecule has 0 amide bonds. The zero-order valence-electron chi connectivity index (χ0n) is 11.0. The van der Waals surface area contributed by atoms with Gasteiger partial charge in [-0.05, 0) is 30.3 Å². The van der Waals surface area contributed by atoms with Crippen molar-refractivity contribution in [2.45, 2.75) is 6.61 Å². The van der Waals surface area contributed by atoms with Crippen molar-refractivity contribution in [3.8, 4) is 23.0 Å². The molecule has 0 bridgehead atoms. The van der Waals surface area contributed by atoms with E-state index in [0.717, 1.165) is 11.1 Å². The van der Waals surface area contributed by atoms with Crippen LogP contribution in [0.5, 0.6) is 11.6 Å². The lowest BCUT2D eigenvalue weighted by atomic mass is 10.2. The first kappa shape index (κ1) is 13.3. The van der Waals surface area contributed by atoms with E-state index in [9.17, 15) is 8.78 Å². The number of rotatable bonds is 4. The minimum absolute atomic E-state index is 0.102. The molecule has 0 spiro atoms. The van der Waals surface area contributed by atoms with Gasteiger partial charge in [0.25, 0.3) is 0 Å². The van der Waals surface area contributed by atoms with E-state index in [1.54, 1.807) is 18.2 Å². The number of halogens is 2. The van der Waals surface area contributed by atoms with Crippen LogP contribution in [0.2, 0.25) is 0 Å². The number of pyridine rings is 1. The van der Waals surface area contributed by atoms with Crippen molar-refractivity contribution in [3.05, 3.63) is 36.4 Å². The lowest BCUT2D eigenvalue weighted by Gasteiger charge is -2.04. The second kappa shape index (κ2) is 5.35. The number of hydrogen-bond acceptors (Lipinski definition) is 4. The number of hydrogen-bond donors (Lipinski definition) is 1. The lowest BCUT2D eigenvalue weighted by molar-refractivity contribution is -0.0498. The van der Waals surface area contributed by atoms with Crippen molar-refractivity contribution >= 4 is 11.2 Å². The Labute approximate surface area is 118 Å². The Morgan fingerprint density at radius 3 is 2.48 bits per heavy atom. The maximum absolute atomic E-state index is 12.1. The topological polar surface area (TPSA) is 60.0 Å². The highest BCUT2D eigenvalue weighted by Gasteiger charge is 2.09. The fourth-order valence-electron chi connectivity index (χ4n) is 1.92. The first-order valence-corrected chi connectivity index (χ1v) is 6.12. The molecule has 0 saturated heterocycles. The summed E-state index contributed by atoms with van der Waals surface area (Å²) in [5.41, 5.74) is 2.03. The predicted octanol–water partition coefficient (Wildman–Crippen LogP) is 3.23. The van der Waals surface area contributed by atoms with Crippen molar-refractivity contribution in [1.29, 1.82) is 0 Å². The Hall–Kier alpha value is -2.70. The van der Waals surface area contributed by atoms with Gasteiger partial charge in [-0.1, -0.05) is 0 Å². The van der Waals surface area contributed by atoms with Crippen LogP contribution in [-0.2, 0) is 0 Å². The van der Waals surface area contributed by atoms with Gasteiger partial charge < -0.3 is 14.5 Å². The normalized spacial score (nSPS) is 11.0. The lowest BCUT2D eigenvalue weighted by Crippen LogP contribution is -2.01. The minimum Gasteiger partial charge on any atom is -0.481 e. The highest BCUT2D eigenvalue weighted by atomic mass is 19.3. The molecule has 7 heteroatoms. The average Bonchev–Trinajstić information content (AvgIpc) is 2.90. The predicted molar refractivity (Wildman–Crippen MR) is 72.5 cm³/mol. The number of aromatic nitrogens is 3. The van der Waals surface area contributed by atoms with Gasteiger partial charge in [-0.25, -0.2) is 4.98 Å². The van der Waals surface area contributed by atoms with Crippen molar-refractivity contribution < 1.29 is 18.3 Å². The zero-order valence-corrected chi connectivity index (χ0v) is 11.0. The number of benzene rings is 1. The molecule has 0 aliphatic rings. The molecule has 2 heterocycles. The highest BCUT2D eigenvalue weighted by molar-refractivity contribution is 5.76. The summed E-state index contributed by atoms with van der Waals surface area (Å²) in [6.07, 6.45) is 0. The molecule has 0 aliphatic heterocycles. The van der Waals surface area contributed by atoms with E-state index < -0.39 is 6.61 Å². The summed E-state index contributed by atoms with van der Waals surface area (Å²) in [5, 5.41) is 0. The highest BCUT2D eigenvalue weighted by Crippen LogP contribution is 2.23. The Morgan fingerprint density at radius 2 is 1.81 bits per heavy atom. The Morgan fingerprint density at radius 1 is 1.05 bits per heavy atom. The molecule has 0 radical (unpaired) electrons. The van der Waals surface area contributed by atoms with Gasteiger partial charge in [0.2, 0.25) is 5.88 Å². The molecule has 3 rings (SSSR count). The summed E-state index contributed by atoms with van der Waals surface area (Å²) in [5.74, 6) is 1.17. The van der Waals surface area contributed by atoms with Gasteiger partial charge >= 0.3 is 6.61 Å². The summed E-state index contributed by atoms with van der Waals surface area (Å²) in [6.45, 7) is -2.83. The van der Waals surface area contributed by atoms with Gasteiger partial charge in [-0.3, -0.25) is 0 Å². The largest absolute Gasteiger partial charge is 0.481 e. The van der Waals surface area contributed by atoms with Crippen LogP contribution in [0.3, 0.4) is 0 Å². The van der Waals surface area contributed by atoms with Crippen LogP contribution in [0.15, 0.2) is 36.4 Å². The molecule has 0 saturated carbocycles. The molecule has 1 aromatic carbocycles. The van der Waals surface area contributed by atoms with Crippen LogP contribution < -0.4 is 9.47 Å². The second-order valence-electron chi connectivity index (χ2n) is 4.21. The number of imidazole rings is 1.